The van der Waals surface area contributed by atoms with Crippen LogP contribution in [0.15, 0.2) is 41.3 Å². The first-order valence-corrected chi connectivity index (χ1v) is 10.2. The van der Waals surface area contributed by atoms with Crippen molar-refractivity contribution < 1.29 is 13.5 Å². The number of phenolic OH excluding ortho intramolecular Hbond substituents is 1. The Bertz CT molecular complexity index is 862. The first kappa shape index (κ1) is 18.2. The molecule has 4 nitrogen and oxygen atoms in total. The van der Waals surface area contributed by atoms with Crippen molar-refractivity contribution in [1.29, 1.82) is 0 Å². The largest absolute Gasteiger partial charge is 0.507 e. The smallest absolute Gasteiger partial charge is 0.243 e. The molecule has 1 N–H and O–H groups in total. The molecular formula is C20H27NO3S. The Labute approximate surface area is 150 Å². The van der Waals surface area contributed by atoms with E-state index < -0.39 is 10.0 Å². The Morgan fingerprint density at radius 1 is 1.04 bits per heavy atom. The average molecular weight is 362 g/mol. The lowest BCUT2D eigenvalue weighted by Crippen LogP contribution is -2.41. The molecule has 1 aliphatic heterocycles. The lowest BCUT2D eigenvalue weighted by atomic mass is 9.84. The molecule has 136 valence electrons. The Hall–Kier alpha value is -1.59. The Morgan fingerprint density at radius 2 is 1.80 bits per heavy atom. The molecule has 1 heterocycles. The highest BCUT2D eigenvalue weighted by Gasteiger charge is 2.37. The molecule has 2 atom stereocenters. The second-order valence-electron chi connectivity index (χ2n) is 7.11. The molecule has 2 unspecified atom stereocenters. The standard InChI is InChI=1S/C19H23NO3S.CH4/c21-19-13-17(12-15-7-1-2-9-18(15)19)24(22,23)20-10-4-6-14-5-3-8-16(20)11-14;/h1-2,7,9,12-14,16,21H,3-6,8,10-11H2;1H4. The van der Waals surface area contributed by atoms with Gasteiger partial charge in [0.15, 0.2) is 0 Å². The predicted molar refractivity (Wildman–Crippen MR) is 101 cm³/mol. The van der Waals surface area contributed by atoms with Crippen molar-refractivity contribution in [3.8, 4) is 5.75 Å². The fourth-order valence-corrected chi connectivity index (χ4v) is 6.13. The number of fused-ring (bicyclic) bond motifs is 3. The van der Waals surface area contributed by atoms with E-state index in [9.17, 15) is 13.5 Å². The van der Waals surface area contributed by atoms with E-state index in [1.54, 1.807) is 16.4 Å². The van der Waals surface area contributed by atoms with Crippen LogP contribution in [0.25, 0.3) is 10.8 Å². The zero-order valence-corrected chi connectivity index (χ0v) is 14.5. The molecule has 5 heteroatoms. The fourth-order valence-electron chi connectivity index (χ4n) is 4.37. The lowest BCUT2D eigenvalue weighted by molar-refractivity contribution is 0.238. The molecule has 0 aromatic heterocycles. The summed E-state index contributed by atoms with van der Waals surface area (Å²) in [5.74, 6) is 0.706. The predicted octanol–water partition coefficient (Wildman–Crippen LogP) is 4.52. The minimum Gasteiger partial charge on any atom is -0.507 e. The lowest BCUT2D eigenvalue weighted by Gasteiger charge is -2.33. The minimum absolute atomic E-state index is 0. The van der Waals surface area contributed by atoms with Gasteiger partial charge in [-0.15, -0.1) is 0 Å². The highest BCUT2D eigenvalue weighted by atomic mass is 32.2. The van der Waals surface area contributed by atoms with Crippen molar-refractivity contribution in [3.63, 3.8) is 0 Å². The Kier molecular flexibility index (Phi) is 5.07. The van der Waals surface area contributed by atoms with Crippen LogP contribution in [0, 0.1) is 5.92 Å². The molecule has 2 bridgehead atoms. The van der Waals surface area contributed by atoms with Gasteiger partial charge < -0.3 is 5.11 Å². The number of benzene rings is 2. The second-order valence-corrected chi connectivity index (χ2v) is 9.00. The summed E-state index contributed by atoms with van der Waals surface area (Å²) in [6.07, 6.45) is 6.35. The molecule has 2 aromatic carbocycles. The second kappa shape index (κ2) is 6.96. The average Bonchev–Trinajstić information content (AvgIpc) is 2.73. The van der Waals surface area contributed by atoms with Gasteiger partial charge in [0, 0.05) is 24.0 Å². The summed E-state index contributed by atoms with van der Waals surface area (Å²) in [5.41, 5.74) is 0. The molecule has 25 heavy (non-hydrogen) atoms. The molecule has 2 fully saturated rings. The number of sulfonamides is 1. The Balaban J connectivity index is 0.00000182. The molecule has 0 amide bonds. The molecule has 1 saturated heterocycles. The van der Waals surface area contributed by atoms with Gasteiger partial charge >= 0.3 is 0 Å². The van der Waals surface area contributed by atoms with E-state index in [0.717, 1.165) is 37.5 Å². The van der Waals surface area contributed by atoms with Gasteiger partial charge in [-0.25, -0.2) is 8.42 Å². The number of hydrogen-bond acceptors (Lipinski definition) is 3. The normalized spacial score (nSPS) is 24.5. The van der Waals surface area contributed by atoms with E-state index in [4.69, 9.17) is 0 Å². The monoisotopic (exact) mass is 361 g/mol. The third-order valence-electron chi connectivity index (χ3n) is 5.57. The van der Waals surface area contributed by atoms with Crippen LogP contribution in [-0.2, 0) is 10.0 Å². The number of hydrogen-bond donors (Lipinski definition) is 1. The summed E-state index contributed by atoms with van der Waals surface area (Å²) < 4.78 is 28.2. The minimum atomic E-state index is -3.58. The third-order valence-corrected chi connectivity index (χ3v) is 7.50. The summed E-state index contributed by atoms with van der Waals surface area (Å²) in [4.78, 5) is 0.211. The third kappa shape index (κ3) is 3.27. The van der Waals surface area contributed by atoms with Crippen LogP contribution < -0.4 is 0 Å². The van der Waals surface area contributed by atoms with E-state index >= 15 is 0 Å². The number of rotatable bonds is 2. The first-order chi connectivity index (χ1) is 11.6. The summed E-state index contributed by atoms with van der Waals surface area (Å²) in [5, 5.41) is 11.7. The molecular weight excluding hydrogens is 334 g/mol. The first-order valence-electron chi connectivity index (χ1n) is 8.79. The van der Waals surface area contributed by atoms with Crippen LogP contribution in [0.2, 0.25) is 0 Å². The zero-order valence-electron chi connectivity index (χ0n) is 13.7. The van der Waals surface area contributed by atoms with E-state index in [1.165, 1.54) is 12.5 Å². The molecule has 2 aromatic rings. The van der Waals surface area contributed by atoms with Crippen molar-refractivity contribution in [2.75, 3.05) is 6.54 Å². The van der Waals surface area contributed by atoms with Gasteiger partial charge in [-0.3, -0.25) is 0 Å². The quantitative estimate of drug-likeness (QED) is 0.855. The van der Waals surface area contributed by atoms with Crippen molar-refractivity contribution in [1.82, 2.24) is 4.31 Å². The van der Waals surface area contributed by atoms with Gasteiger partial charge in [0.1, 0.15) is 5.75 Å². The summed E-state index contributed by atoms with van der Waals surface area (Å²) in [6.45, 7) is 0.594. The van der Waals surface area contributed by atoms with Gasteiger partial charge in [-0.05, 0) is 43.1 Å². The Morgan fingerprint density at radius 3 is 2.64 bits per heavy atom. The molecule has 1 saturated carbocycles. The van der Waals surface area contributed by atoms with E-state index in [2.05, 4.69) is 0 Å². The van der Waals surface area contributed by atoms with Crippen LogP contribution in [0.4, 0.5) is 0 Å². The molecule has 4 rings (SSSR count). The summed E-state index contributed by atoms with van der Waals surface area (Å²) in [6, 6.07) is 10.6. The maximum absolute atomic E-state index is 13.3. The van der Waals surface area contributed by atoms with Crippen LogP contribution >= 0.6 is 0 Å². The van der Waals surface area contributed by atoms with Crippen LogP contribution in [0.5, 0.6) is 5.75 Å². The number of phenols is 1. The molecule has 0 radical (unpaired) electrons. The van der Waals surface area contributed by atoms with Crippen molar-refractivity contribution in [3.05, 3.63) is 36.4 Å². The van der Waals surface area contributed by atoms with Crippen LogP contribution in [0.1, 0.15) is 46.0 Å². The fraction of sp³-hybridized carbons (Fsp3) is 0.500. The summed E-state index contributed by atoms with van der Waals surface area (Å²) in [7, 11) is -3.58. The van der Waals surface area contributed by atoms with E-state index in [0.29, 0.717) is 17.8 Å². The van der Waals surface area contributed by atoms with Crippen molar-refractivity contribution in [2.24, 2.45) is 5.92 Å². The van der Waals surface area contributed by atoms with Crippen LogP contribution in [0.3, 0.4) is 0 Å². The van der Waals surface area contributed by atoms with Crippen molar-refractivity contribution >= 4 is 20.8 Å². The molecule has 0 spiro atoms. The number of aromatic hydroxyl groups is 1. The zero-order chi connectivity index (χ0) is 16.7. The molecule has 1 aliphatic carbocycles. The van der Waals surface area contributed by atoms with Gasteiger partial charge in [0.2, 0.25) is 10.0 Å². The maximum atomic E-state index is 13.3. The molecule has 2 aliphatic rings. The van der Waals surface area contributed by atoms with Gasteiger partial charge in [0.05, 0.1) is 4.90 Å². The maximum Gasteiger partial charge on any atom is 0.243 e. The highest BCUT2D eigenvalue weighted by Crippen LogP contribution is 2.37. The van der Waals surface area contributed by atoms with Gasteiger partial charge in [-0.2, -0.15) is 4.31 Å². The van der Waals surface area contributed by atoms with Gasteiger partial charge in [0.25, 0.3) is 0 Å². The van der Waals surface area contributed by atoms with E-state index in [-0.39, 0.29) is 24.1 Å². The topological polar surface area (TPSA) is 57.6 Å². The van der Waals surface area contributed by atoms with E-state index in [1.807, 2.05) is 18.2 Å². The SMILES string of the molecule is C.O=S(=O)(c1cc(O)c2ccccc2c1)N1CCCC2CCCC1C2. The van der Waals surface area contributed by atoms with Crippen LogP contribution in [-0.4, -0.2) is 30.4 Å². The van der Waals surface area contributed by atoms with Crippen molar-refractivity contribution in [2.45, 2.75) is 56.9 Å². The summed E-state index contributed by atoms with van der Waals surface area (Å²) >= 11 is 0. The highest BCUT2D eigenvalue weighted by molar-refractivity contribution is 7.89. The van der Waals surface area contributed by atoms with Gasteiger partial charge in [-0.1, -0.05) is 44.5 Å². The number of nitrogens with zero attached hydrogens (tertiary/aromatic N) is 1.